The predicted octanol–water partition coefficient (Wildman–Crippen LogP) is 3.44. The van der Waals surface area contributed by atoms with Crippen LogP contribution in [0.2, 0.25) is 0 Å². The van der Waals surface area contributed by atoms with Crippen LogP contribution in [-0.2, 0) is 7.05 Å². The quantitative estimate of drug-likeness (QED) is 0.815. The highest BCUT2D eigenvalue weighted by atomic mass is 19.1. The molecule has 2 aromatic rings. The maximum atomic E-state index is 13.4. The second-order valence-electron chi connectivity index (χ2n) is 5.23. The monoisotopic (exact) mass is 246 g/mol. The van der Waals surface area contributed by atoms with E-state index in [1.165, 1.54) is 35.9 Å². The molecule has 3 rings (SSSR count). The van der Waals surface area contributed by atoms with Gasteiger partial charge in [0.2, 0.25) is 0 Å². The van der Waals surface area contributed by atoms with Gasteiger partial charge in [-0.2, -0.15) is 0 Å². The van der Waals surface area contributed by atoms with E-state index in [-0.39, 0.29) is 5.82 Å². The lowest BCUT2D eigenvalue weighted by Gasteiger charge is -2.25. The number of fused-ring (bicyclic) bond motifs is 1. The van der Waals surface area contributed by atoms with Gasteiger partial charge in [0, 0.05) is 24.2 Å². The molecule has 2 heterocycles. The summed E-state index contributed by atoms with van der Waals surface area (Å²) in [5, 5.41) is 4.75. The number of nitrogens with zero attached hydrogens (tertiary/aromatic N) is 1. The summed E-state index contributed by atoms with van der Waals surface area (Å²) in [6.45, 7) is 3.23. The largest absolute Gasteiger partial charge is 0.346 e. The first-order valence-electron chi connectivity index (χ1n) is 6.66. The minimum absolute atomic E-state index is 0.161. The van der Waals surface area contributed by atoms with Gasteiger partial charge < -0.3 is 9.88 Å². The van der Waals surface area contributed by atoms with E-state index >= 15 is 0 Å². The molecule has 0 amide bonds. The number of nitrogens with one attached hydrogen (secondary N) is 1. The Kier molecular flexibility index (Phi) is 2.86. The normalized spacial score (nSPS) is 20.5. The van der Waals surface area contributed by atoms with Crippen LogP contribution in [0.25, 0.3) is 10.9 Å². The van der Waals surface area contributed by atoms with Crippen molar-refractivity contribution < 1.29 is 4.39 Å². The Labute approximate surface area is 107 Å². The molecule has 1 saturated heterocycles. The van der Waals surface area contributed by atoms with Crippen LogP contribution in [0.3, 0.4) is 0 Å². The van der Waals surface area contributed by atoms with Crippen molar-refractivity contribution in [1.82, 2.24) is 9.88 Å². The summed E-state index contributed by atoms with van der Waals surface area (Å²) in [5.74, 6) is -0.161. The Morgan fingerprint density at radius 1 is 1.33 bits per heavy atom. The van der Waals surface area contributed by atoms with Crippen molar-refractivity contribution >= 4 is 10.9 Å². The van der Waals surface area contributed by atoms with Crippen molar-refractivity contribution in [2.45, 2.75) is 32.2 Å². The molecule has 0 spiro atoms. The Morgan fingerprint density at radius 3 is 2.89 bits per heavy atom. The third-order valence-corrected chi connectivity index (χ3v) is 4.11. The zero-order valence-corrected chi connectivity index (χ0v) is 11.0. The highest BCUT2D eigenvalue weighted by molar-refractivity contribution is 5.85. The Hall–Kier alpha value is -1.35. The van der Waals surface area contributed by atoms with Gasteiger partial charge in [-0.05, 0) is 50.1 Å². The molecule has 0 bridgehead atoms. The summed E-state index contributed by atoms with van der Waals surface area (Å²) in [4.78, 5) is 0. The van der Waals surface area contributed by atoms with Gasteiger partial charge in [0.25, 0.3) is 0 Å². The SMILES string of the molecule is Cc1c(C2CCCCN2)n(C)c2cc(F)ccc12. The van der Waals surface area contributed by atoms with E-state index in [2.05, 4.69) is 16.8 Å². The number of rotatable bonds is 1. The van der Waals surface area contributed by atoms with Gasteiger partial charge in [-0.1, -0.05) is 6.42 Å². The number of piperidine rings is 1. The Balaban J connectivity index is 2.16. The molecule has 1 atom stereocenters. The van der Waals surface area contributed by atoms with Crippen molar-refractivity contribution in [3.8, 4) is 0 Å². The summed E-state index contributed by atoms with van der Waals surface area (Å²) < 4.78 is 15.5. The van der Waals surface area contributed by atoms with Gasteiger partial charge in [-0.25, -0.2) is 4.39 Å². The van der Waals surface area contributed by atoms with Gasteiger partial charge >= 0.3 is 0 Å². The lowest BCUT2D eigenvalue weighted by Crippen LogP contribution is -2.28. The van der Waals surface area contributed by atoms with E-state index in [9.17, 15) is 4.39 Å². The van der Waals surface area contributed by atoms with Crippen LogP contribution >= 0.6 is 0 Å². The molecule has 1 aromatic carbocycles. The first-order valence-corrected chi connectivity index (χ1v) is 6.66. The van der Waals surface area contributed by atoms with Gasteiger partial charge in [0.1, 0.15) is 5.82 Å². The smallest absolute Gasteiger partial charge is 0.125 e. The van der Waals surface area contributed by atoms with Crippen LogP contribution in [0.5, 0.6) is 0 Å². The summed E-state index contributed by atoms with van der Waals surface area (Å²) in [7, 11) is 2.04. The van der Waals surface area contributed by atoms with Crippen molar-refractivity contribution in [3.63, 3.8) is 0 Å². The molecule has 0 aliphatic carbocycles. The highest BCUT2D eigenvalue weighted by Crippen LogP contribution is 2.32. The summed E-state index contributed by atoms with van der Waals surface area (Å²) in [6.07, 6.45) is 3.70. The Bertz CT molecular complexity index is 580. The van der Waals surface area contributed by atoms with E-state index in [1.807, 2.05) is 13.1 Å². The fraction of sp³-hybridized carbons (Fsp3) is 0.467. The van der Waals surface area contributed by atoms with Crippen LogP contribution in [0, 0.1) is 12.7 Å². The zero-order chi connectivity index (χ0) is 12.7. The van der Waals surface area contributed by atoms with Gasteiger partial charge in [-0.3, -0.25) is 0 Å². The number of hydrogen-bond donors (Lipinski definition) is 1. The average molecular weight is 246 g/mol. The molecule has 1 N–H and O–H groups in total. The van der Waals surface area contributed by atoms with Gasteiger partial charge in [0.05, 0.1) is 5.52 Å². The molecule has 2 nitrogen and oxygen atoms in total. The fourth-order valence-electron chi connectivity index (χ4n) is 3.20. The number of benzene rings is 1. The van der Waals surface area contributed by atoms with Crippen LogP contribution in [0.1, 0.15) is 36.6 Å². The van der Waals surface area contributed by atoms with Crippen LogP contribution < -0.4 is 5.32 Å². The van der Waals surface area contributed by atoms with Crippen molar-refractivity contribution in [2.75, 3.05) is 6.54 Å². The maximum absolute atomic E-state index is 13.4. The third kappa shape index (κ3) is 1.74. The first kappa shape index (κ1) is 11.7. The fourth-order valence-corrected chi connectivity index (χ4v) is 3.20. The molecule has 1 aliphatic heterocycles. The molecule has 1 unspecified atom stereocenters. The molecule has 3 heteroatoms. The lowest BCUT2D eigenvalue weighted by molar-refractivity contribution is 0.398. The topological polar surface area (TPSA) is 17.0 Å². The molecule has 96 valence electrons. The van der Waals surface area contributed by atoms with Crippen molar-refractivity contribution in [1.29, 1.82) is 0 Å². The predicted molar refractivity (Wildman–Crippen MR) is 72.2 cm³/mol. The summed E-state index contributed by atoms with van der Waals surface area (Å²) in [6, 6.07) is 5.49. The zero-order valence-electron chi connectivity index (χ0n) is 11.0. The molecule has 0 radical (unpaired) electrons. The maximum Gasteiger partial charge on any atom is 0.125 e. The van der Waals surface area contributed by atoms with Crippen LogP contribution in [0.4, 0.5) is 4.39 Å². The standard InChI is InChI=1S/C15H19FN2/c1-10-12-7-6-11(16)9-14(12)18(2)15(10)13-5-3-4-8-17-13/h6-7,9,13,17H,3-5,8H2,1-2H3. The minimum Gasteiger partial charge on any atom is -0.346 e. The number of aromatic nitrogens is 1. The lowest BCUT2D eigenvalue weighted by atomic mass is 9.99. The molecular weight excluding hydrogens is 227 g/mol. The molecule has 1 fully saturated rings. The van der Waals surface area contributed by atoms with Gasteiger partial charge in [0.15, 0.2) is 0 Å². The summed E-state index contributed by atoms with van der Waals surface area (Å²) in [5.41, 5.74) is 3.59. The second kappa shape index (κ2) is 4.39. The van der Waals surface area contributed by atoms with E-state index in [0.29, 0.717) is 6.04 Å². The number of hydrogen-bond acceptors (Lipinski definition) is 1. The number of aryl methyl sites for hydroxylation is 2. The van der Waals surface area contributed by atoms with Gasteiger partial charge in [-0.15, -0.1) is 0 Å². The third-order valence-electron chi connectivity index (χ3n) is 4.11. The highest BCUT2D eigenvalue weighted by Gasteiger charge is 2.22. The number of halogens is 1. The molecule has 1 aliphatic rings. The van der Waals surface area contributed by atoms with Crippen molar-refractivity contribution in [2.24, 2.45) is 7.05 Å². The Morgan fingerprint density at radius 2 is 2.17 bits per heavy atom. The van der Waals surface area contributed by atoms with E-state index < -0.39 is 0 Å². The molecule has 1 aromatic heterocycles. The first-order chi connectivity index (χ1) is 8.68. The minimum atomic E-state index is -0.161. The second-order valence-corrected chi connectivity index (χ2v) is 5.23. The molecule has 18 heavy (non-hydrogen) atoms. The van der Waals surface area contributed by atoms with Crippen LogP contribution in [0.15, 0.2) is 18.2 Å². The van der Waals surface area contributed by atoms with E-state index in [4.69, 9.17) is 0 Å². The van der Waals surface area contributed by atoms with Crippen LogP contribution in [-0.4, -0.2) is 11.1 Å². The molecule has 0 saturated carbocycles. The summed E-state index contributed by atoms with van der Waals surface area (Å²) >= 11 is 0. The average Bonchev–Trinajstić information content (AvgIpc) is 2.63. The molecular formula is C15H19FN2. The van der Waals surface area contributed by atoms with E-state index in [1.54, 1.807) is 12.1 Å². The van der Waals surface area contributed by atoms with E-state index in [0.717, 1.165) is 12.1 Å². The van der Waals surface area contributed by atoms with Crippen molar-refractivity contribution in [3.05, 3.63) is 35.3 Å².